The molecule has 21 heavy (non-hydrogen) atoms. The van der Waals surface area contributed by atoms with E-state index in [1.807, 2.05) is 6.07 Å². The van der Waals surface area contributed by atoms with Crippen molar-refractivity contribution in [2.24, 2.45) is 0 Å². The Hall–Kier alpha value is -2.34. The summed E-state index contributed by atoms with van der Waals surface area (Å²) in [5.41, 5.74) is 1.04. The Bertz CT molecular complexity index is 672. The maximum Gasteiger partial charge on any atom is 0.341 e. The molecule has 1 amide bonds. The Kier molecular flexibility index (Phi) is 4.94. The van der Waals surface area contributed by atoms with Gasteiger partial charge in [0.05, 0.1) is 5.56 Å². The molecule has 0 saturated carbocycles. The first kappa shape index (κ1) is 15.1. The van der Waals surface area contributed by atoms with E-state index in [1.54, 1.807) is 42.5 Å². The van der Waals surface area contributed by atoms with Crippen molar-refractivity contribution in [3.8, 4) is 5.75 Å². The first-order valence-electron chi connectivity index (χ1n) is 6.07. The summed E-state index contributed by atoms with van der Waals surface area (Å²) in [6.45, 7) is -0.429. The van der Waals surface area contributed by atoms with Crippen LogP contribution in [-0.4, -0.2) is 23.6 Å². The van der Waals surface area contributed by atoms with E-state index in [4.69, 9.17) is 9.84 Å². The van der Waals surface area contributed by atoms with Crippen LogP contribution in [0.25, 0.3) is 0 Å². The van der Waals surface area contributed by atoms with Crippen molar-refractivity contribution in [1.29, 1.82) is 0 Å². The second-order valence-corrected chi connectivity index (χ2v) is 5.00. The van der Waals surface area contributed by atoms with Gasteiger partial charge in [-0.05, 0) is 40.2 Å². The summed E-state index contributed by atoms with van der Waals surface area (Å²) in [6, 6.07) is 13.6. The molecule has 0 heterocycles. The highest BCUT2D eigenvalue weighted by atomic mass is 79.9. The lowest BCUT2D eigenvalue weighted by molar-refractivity contribution is -0.139. The summed E-state index contributed by atoms with van der Waals surface area (Å²) >= 11 is 3.31. The van der Waals surface area contributed by atoms with E-state index in [-0.39, 0.29) is 5.91 Å². The highest BCUT2D eigenvalue weighted by Crippen LogP contribution is 2.20. The van der Waals surface area contributed by atoms with Crippen molar-refractivity contribution in [3.05, 3.63) is 58.6 Å². The predicted molar refractivity (Wildman–Crippen MR) is 81.7 cm³/mol. The van der Waals surface area contributed by atoms with E-state index in [9.17, 15) is 9.59 Å². The summed E-state index contributed by atoms with van der Waals surface area (Å²) in [5, 5.41) is 11.3. The number of carbonyl (C=O) groups excluding carboxylic acids is 1. The third kappa shape index (κ3) is 4.32. The monoisotopic (exact) mass is 349 g/mol. The molecule has 0 fully saturated rings. The molecule has 2 N–H and O–H groups in total. The normalized spacial score (nSPS) is 9.95. The van der Waals surface area contributed by atoms with Crippen LogP contribution in [0.3, 0.4) is 0 Å². The number of ether oxygens (including phenoxy) is 1. The number of carboxylic acid groups (broad SMARTS) is 1. The minimum absolute atomic E-state index is 0.266. The van der Waals surface area contributed by atoms with Gasteiger partial charge in [0.25, 0.3) is 5.91 Å². The van der Waals surface area contributed by atoms with Gasteiger partial charge in [-0.25, -0.2) is 4.79 Å². The molecule has 2 rings (SSSR count). The van der Waals surface area contributed by atoms with Crippen molar-refractivity contribution in [2.45, 2.75) is 0 Å². The van der Waals surface area contributed by atoms with Crippen LogP contribution in [0, 0.1) is 0 Å². The molecule has 0 unspecified atom stereocenters. The van der Waals surface area contributed by atoms with Gasteiger partial charge in [-0.3, -0.25) is 4.79 Å². The van der Waals surface area contributed by atoms with Crippen LogP contribution in [0.4, 0.5) is 5.69 Å². The number of halogens is 1. The van der Waals surface area contributed by atoms with Crippen LogP contribution in [0.5, 0.6) is 5.75 Å². The lowest BCUT2D eigenvalue weighted by atomic mass is 10.2. The average molecular weight is 350 g/mol. The lowest BCUT2D eigenvalue weighted by Gasteiger charge is -2.09. The second kappa shape index (κ2) is 6.90. The average Bonchev–Trinajstić information content (AvgIpc) is 2.46. The Morgan fingerprint density at radius 1 is 1.14 bits per heavy atom. The molecule has 6 heteroatoms. The van der Waals surface area contributed by atoms with Crippen molar-refractivity contribution in [3.63, 3.8) is 0 Å². The largest absolute Gasteiger partial charge is 0.482 e. The van der Waals surface area contributed by atoms with Gasteiger partial charge < -0.3 is 15.2 Å². The molecule has 0 radical (unpaired) electrons. The van der Waals surface area contributed by atoms with Gasteiger partial charge in [0.2, 0.25) is 0 Å². The highest BCUT2D eigenvalue weighted by Gasteiger charge is 2.10. The zero-order chi connectivity index (χ0) is 15.2. The van der Waals surface area contributed by atoms with E-state index in [0.29, 0.717) is 21.5 Å². The van der Waals surface area contributed by atoms with Crippen LogP contribution >= 0.6 is 15.9 Å². The topological polar surface area (TPSA) is 75.6 Å². The molecule has 0 aliphatic heterocycles. The molecular formula is C15H12BrNO4. The van der Waals surface area contributed by atoms with Crippen LogP contribution in [0.15, 0.2) is 53.0 Å². The summed E-state index contributed by atoms with van der Waals surface area (Å²) < 4.78 is 5.75. The zero-order valence-corrected chi connectivity index (χ0v) is 12.5. The van der Waals surface area contributed by atoms with E-state index in [0.717, 1.165) is 0 Å². The van der Waals surface area contributed by atoms with Crippen LogP contribution < -0.4 is 10.1 Å². The molecule has 2 aromatic carbocycles. The Morgan fingerprint density at radius 2 is 1.90 bits per heavy atom. The number of nitrogens with one attached hydrogen (secondary N) is 1. The summed E-state index contributed by atoms with van der Waals surface area (Å²) in [4.78, 5) is 22.6. The minimum Gasteiger partial charge on any atom is -0.482 e. The Morgan fingerprint density at radius 3 is 2.62 bits per heavy atom. The summed E-state index contributed by atoms with van der Waals surface area (Å²) in [5.74, 6) is -0.946. The molecule has 0 aliphatic carbocycles. The van der Waals surface area contributed by atoms with Crippen molar-refractivity contribution in [1.82, 2.24) is 0 Å². The van der Waals surface area contributed by atoms with Crippen molar-refractivity contribution < 1.29 is 19.4 Å². The first-order chi connectivity index (χ1) is 10.1. The number of aliphatic carboxylic acids is 1. The fraction of sp³-hybridized carbons (Fsp3) is 0.0667. The quantitative estimate of drug-likeness (QED) is 0.869. The predicted octanol–water partition coefficient (Wildman–Crippen LogP) is 3.16. The third-order valence-corrected chi connectivity index (χ3v) is 3.26. The first-order valence-corrected chi connectivity index (χ1v) is 6.86. The minimum atomic E-state index is -1.06. The van der Waals surface area contributed by atoms with Crippen LogP contribution in [-0.2, 0) is 4.79 Å². The number of anilines is 1. The van der Waals surface area contributed by atoms with Crippen LogP contribution in [0.1, 0.15) is 10.4 Å². The van der Waals surface area contributed by atoms with Gasteiger partial charge in [-0.15, -0.1) is 0 Å². The maximum atomic E-state index is 12.1. The number of amides is 1. The molecule has 2 aromatic rings. The van der Waals surface area contributed by atoms with Gasteiger partial charge in [0.15, 0.2) is 6.61 Å². The van der Waals surface area contributed by atoms with Gasteiger partial charge in [0.1, 0.15) is 5.75 Å². The number of rotatable bonds is 5. The number of carbonyl (C=O) groups is 2. The van der Waals surface area contributed by atoms with Gasteiger partial charge >= 0.3 is 5.97 Å². The molecule has 0 spiro atoms. The highest BCUT2D eigenvalue weighted by molar-refractivity contribution is 9.10. The fourth-order valence-electron chi connectivity index (χ4n) is 1.65. The number of hydrogen-bond acceptors (Lipinski definition) is 3. The zero-order valence-electron chi connectivity index (χ0n) is 10.9. The summed E-state index contributed by atoms with van der Waals surface area (Å²) in [7, 11) is 0. The fourth-order valence-corrected chi connectivity index (χ4v) is 2.12. The van der Waals surface area contributed by atoms with Gasteiger partial charge in [0, 0.05) is 16.2 Å². The molecule has 108 valence electrons. The number of carboxylic acids is 1. The molecule has 0 aliphatic rings. The van der Waals surface area contributed by atoms with E-state index in [2.05, 4.69) is 21.2 Å². The molecule has 5 nitrogen and oxygen atoms in total. The molecule has 0 bridgehead atoms. The molecular weight excluding hydrogens is 338 g/mol. The molecule has 0 atom stereocenters. The van der Waals surface area contributed by atoms with E-state index in [1.165, 1.54) is 0 Å². The summed E-state index contributed by atoms with van der Waals surface area (Å²) in [6.07, 6.45) is 0. The smallest absolute Gasteiger partial charge is 0.341 e. The number of hydrogen-bond donors (Lipinski definition) is 2. The van der Waals surface area contributed by atoms with Crippen molar-refractivity contribution >= 4 is 33.5 Å². The van der Waals surface area contributed by atoms with E-state index < -0.39 is 12.6 Å². The Balaban J connectivity index is 2.09. The Labute approximate surface area is 129 Å². The number of benzene rings is 2. The second-order valence-electron chi connectivity index (χ2n) is 4.14. The van der Waals surface area contributed by atoms with E-state index >= 15 is 0 Å². The van der Waals surface area contributed by atoms with Crippen molar-refractivity contribution in [2.75, 3.05) is 11.9 Å². The van der Waals surface area contributed by atoms with Gasteiger partial charge in [-0.1, -0.05) is 18.2 Å². The molecule has 0 saturated heterocycles. The SMILES string of the molecule is O=C(O)COc1cccc(NC(=O)c2ccccc2Br)c1. The standard InChI is InChI=1S/C15H12BrNO4/c16-13-7-2-1-6-12(13)15(20)17-10-4-3-5-11(8-10)21-9-14(18)19/h1-8H,9H2,(H,17,20)(H,18,19). The maximum absolute atomic E-state index is 12.1. The van der Waals surface area contributed by atoms with Crippen LogP contribution in [0.2, 0.25) is 0 Å². The molecule has 0 aromatic heterocycles. The lowest BCUT2D eigenvalue weighted by Crippen LogP contribution is -2.13. The third-order valence-electron chi connectivity index (χ3n) is 2.57. The van der Waals surface area contributed by atoms with Gasteiger partial charge in [-0.2, -0.15) is 0 Å².